The third-order valence-corrected chi connectivity index (χ3v) is 5.84. The topological polar surface area (TPSA) is 72.1 Å². The molecule has 0 saturated heterocycles. The van der Waals surface area contributed by atoms with Gasteiger partial charge in [-0.2, -0.15) is 0 Å². The number of nitrogen functional groups attached to an aromatic ring is 1. The number of anilines is 2. The molecule has 4 rings (SSSR count). The monoisotopic (exact) mass is 414 g/mol. The number of allylic oxidation sites excluding steroid dienone is 1. The smallest absolute Gasteiger partial charge is 0.270 e. The molecule has 2 N–H and O–H groups in total. The summed E-state index contributed by atoms with van der Waals surface area (Å²) in [7, 11) is 0. The fourth-order valence-corrected chi connectivity index (χ4v) is 4.18. The Morgan fingerprint density at radius 1 is 1.10 bits per heavy atom. The molecule has 4 aromatic rings. The SMILES string of the molecule is CC(C)=CCN(C(=O)c1sc2nc(-c3cccnc3)ccc2c1N)c1ccccc1. The van der Waals surface area contributed by atoms with E-state index in [1.165, 1.54) is 11.3 Å². The first-order chi connectivity index (χ1) is 14.5. The molecule has 0 aliphatic carbocycles. The van der Waals surface area contributed by atoms with E-state index in [-0.39, 0.29) is 5.91 Å². The molecule has 1 aromatic carbocycles. The van der Waals surface area contributed by atoms with Gasteiger partial charge in [0.1, 0.15) is 9.71 Å². The number of nitrogens with zero attached hydrogens (tertiary/aromatic N) is 3. The lowest BCUT2D eigenvalue weighted by Crippen LogP contribution is -2.31. The van der Waals surface area contributed by atoms with Crippen LogP contribution in [0.2, 0.25) is 0 Å². The lowest BCUT2D eigenvalue weighted by atomic mass is 10.1. The van der Waals surface area contributed by atoms with Crippen LogP contribution >= 0.6 is 11.3 Å². The minimum Gasteiger partial charge on any atom is -0.397 e. The van der Waals surface area contributed by atoms with Crippen LogP contribution in [0.3, 0.4) is 0 Å². The second-order valence-electron chi connectivity index (χ2n) is 7.17. The molecule has 0 atom stereocenters. The largest absolute Gasteiger partial charge is 0.397 e. The Morgan fingerprint density at radius 3 is 2.60 bits per heavy atom. The van der Waals surface area contributed by atoms with E-state index in [4.69, 9.17) is 10.7 Å². The summed E-state index contributed by atoms with van der Waals surface area (Å²) in [5.74, 6) is -0.123. The van der Waals surface area contributed by atoms with Crippen LogP contribution in [0.15, 0.2) is 78.6 Å². The van der Waals surface area contributed by atoms with Gasteiger partial charge >= 0.3 is 0 Å². The lowest BCUT2D eigenvalue weighted by Gasteiger charge is -2.21. The number of amides is 1. The van der Waals surface area contributed by atoms with E-state index >= 15 is 0 Å². The molecule has 150 valence electrons. The van der Waals surface area contributed by atoms with E-state index < -0.39 is 0 Å². The van der Waals surface area contributed by atoms with Crippen LogP contribution in [-0.2, 0) is 0 Å². The first-order valence-corrected chi connectivity index (χ1v) is 10.5. The third kappa shape index (κ3) is 3.95. The van der Waals surface area contributed by atoms with E-state index in [9.17, 15) is 4.79 Å². The number of nitrogens with two attached hydrogens (primary N) is 1. The number of carbonyl (C=O) groups excluding carboxylic acids is 1. The van der Waals surface area contributed by atoms with Crippen LogP contribution in [0.1, 0.15) is 23.5 Å². The number of hydrogen-bond acceptors (Lipinski definition) is 5. The quantitative estimate of drug-likeness (QED) is 0.434. The zero-order chi connectivity index (χ0) is 21.1. The summed E-state index contributed by atoms with van der Waals surface area (Å²) < 4.78 is 0. The molecule has 0 radical (unpaired) electrons. The standard InChI is InChI=1S/C24H22N4OS/c1-16(2)12-14-28(18-8-4-3-5-9-18)24(29)22-21(25)19-10-11-20(27-23(19)30-22)17-7-6-13-26-15-17/h3-13,15H,14,25H2,1-2H3. The predicted molar refractivity (Wildman–Crippen MR) is 125 cm³/mol. The van der Waals surface area contributed by atoms with Crippen molar-refractivity contribution in [3.63, 3.8) is 0 Å². The number of pyridine rings is 2. The molecular formula is C24H22N4OS. The first-order valence-electron chi connectivity index (χ1n) is 9.64. The summed E-state index contributed by atoms with van der Waals surface area (Å²) in [6.45, 7) is 4.52. The number of carbonyl (C=O) groups is 1. The number of hydrogen-bond donors (Lipinski definition) is 1. The summed E-state index contributed by atoms with van der Waals surface area (Å²) >= 11 is 1.33. The molecule has 5 nitrogen and oxygen atoms in total. The molecule has 0 aliphatic heterocycles. The van der Waals surface area contributed by atoms with Gasteiger partial charge < -0.3 is 10.6 Å². The van der Waals surface area contributed by atoms with Crippen molar-refractivity contribution in [2.45, 2.75) is 13.8 Å². The molecule has 0 fully saturated rings. The van der Waals surface area contributed by atoms with Gasteiger partial charge in [0.2, 0.25) is 0 Å². The second kappa shape index (κ2) is 8.47. The Kier molecular flexibility index (Phi) is 5.59. The average Bonchev–Trinajstić information content (AvgIpc) is 3.11. The van der Waals surface area contributed by atoms with Crippen LogP contribution in [-0.4, -0.2) is 22.4 Å². The van der Waals surface area contributed by atoms with Gasteiger partial charge in [-0.3, -0.25) is 9.78 Å². The van der Waals surface area contributed by atoms with Crippen LogP contribution in [0.4, 0.5) is 11.4 Å². The minimum atomic E-state index is -0.123. The van der Waals surface area contributed by atoms with Crippen LogP contribution < -0.4 is 10.6 Å². The highest BCUT2D eigenvalue weighted by atomic mass is 32.1. The lowest BCUT2D eigenvalue weighted by molar-refractivity contribution is 0.0994. The summed E-state index contributed by atoms with van der Waals surface area (Å²) in [4.78, 5) is 25.4. The van der Waals surface area contributed by atoms with Gasteiger partial charge in [0.05, 0.1) is 11.4 Å². The van der Waals surface area contributed by atoms with Crippen molar-refractivity contribution >= 4 is 38.8 Å². The number of rotatable bonds is 5. The maximum atomic E-state index is 13.5. The molecule has 1 amide bonds. The van der Waals surface area contributed by atoms with Crippen molar-refractivity contribution in [3.8, 4) is 11.3 Å². The maximum absolute atomic E-state index is 13.5. The van der Waals surface area contributed by atoms with Crippen LogP contribution in [0, 0.1) is 0 Å². The molecule has 0 bridgehead atoms. The van der Waals surface area contributed by atoms with Gasteiger partial charge in [-0.15, -0.1) is 11.3 Å². The van der Waals surface area contributed by atoms with E-state index in [1.54, 1.807) is 17.3 Å². The number of fused-ring (bicyclic) bond motifs is 1. The number of thiophene rings is 1. The number of para-hydroxylation sites is 1. The predicted octanol–water partition coefficient (Wildman–Crippen LogP) is 5.55. The molecule has 3 aromatic heterocycles. The molecule has 3 heterocycles. The van der Waals surface area contributed by atoms with Gasteiger partial charge in [0, 0.05) is 35.6 Å². The van der Waals surface area contributed by atoms with Gasteiger partial charge in [-0.05, 0) is 50.2 Å². The Bertz CT molecular complexity index is 1210. The van der Waals surface area contributed by atoms with E-state index in [0.717, 1.165) is 32.7 Å². The van der Waals surface area contributed by atoms with E-state index in [1.807, 2.05) is 74.5 Å². The Labute approximate surface area is 179 Å². The van der Waals surface area contributed by atoms with E-state index in [2.05, 4.69) is 4.98 Å². The average molecular weight is 415 g/mol. The van der Waals surface area contributed by atoms with Gasteiger partial charge in [-0.1, -0.05) is 29.8 Å². The minimum absolute atomic E-state index is 0.123. The summed E-state index contributed by atoms with van der Waals surface area (Å²) in [6, 6.07) is 17.3. The first kappa shape index (κ1) is 19.8. The van der Waals surface area contributed by atoms with Crippen molar-refractivity contribution in [2.24, 2.45) is 0 Å². The Hall–Kier alpha value is -3.51. The van der Waals surface area contributed by atoms with Crippen LogP contribution in [0.25, 0.3) is 21.5 Å². The van der Waals surface area contributed by atoms with Crippen molar-refractivity contribution in [3.05, 3.63) is 83.5 Å². The van der Waals surface area contributed by atoms with E-state index in [0.29, 0.717) is 17.1 Å². The third-order valence-electron chi connectivity index (χ3n) is 4.74. The molecule has 6 heteroatoms. The van der Waals surface area contributed by atoms with Crippen LogP contribution in [0.5, 0.6) is 0 Å². The molecule has 0 unspecified atom stereocenters. The number of benzene rings is 1. The maximum Gasteiger partial charge on any atom is 0.270 e. The van der Waals surface area contributed by atoms with Gasteiger partial charge in [0.15, 0.2) is 0 Å². The fraction of sp³-hybridized carbons (Fsp3) is 0.125. The Morgan fingerprint density at radius 2 is 1.90 bits per heavy atom. The normalized spacial score (nSPS) is 10.7. The summed E-state index contributed by atoms with van der Waals surface area (Å²) in [5.41, 5.74) is 10.6. The van der Waals surface area contributed by atoms with Crippen molar-refractivity contribution < 1.29 is 4.79 Å². The Balaban J connectivity index is 1.75. The summed E-state index contributed by atoms with van der Waals surface area (Å²) in [6.07, 6.45) is 5.54. The highest BCUT2D eigenvalue weighted by molar-refractivity contribution is 7.21. The zero-order valence-corrected chi connectivity index (χ0v) is 17.7. The van der Waals surface area contributed by atoms with Crippen molar-refractivity contribution in [1.29, 1.82) is 0 Å². The molecule has 30 heavy (non-hydrogen) atoms. The second-order valence-corrected chi connectivity index (χ2v) is 8.17. The van der Waals surface area contributed by atoms with Gasteiger partial charge in [0.25, 0.3) is 5.91 Å². The summed E-state index contributed by atoms with van der Waals surface area (Å²) in [5, 5.41) is 0.797. The zero-order valence-electron chi connectivity index (χ0n) is 16.9. The molecule has 0 saturated carbocycles. The fourth-order valence-electron chi connectivity index (χ4n) is 3.14. The molecule has 0 aliphatic rings. The highest BCUT2D eigenvalue weighted by Crippen LogP contribution is 2.35. The molecule has 0 spiro atoms. The molecular weight excluding hydrogens is 392 g/mol. The highest BCUT2D eigenvalue weighted by Gasteiger charge is 2.23. The number of aromatic nitrogens is 2. The van der Waals surface area contributed by atoms with Gasteiger partial charge in [-0.25, -0.2) is 4.98 Å². The van der Waals surface area contributed by atoms with Crippen molar-refractivity contribution in [1.82, 2.24) is 9.97 Å². The van der Waals surface area contributed by atoms with Crippen molar-refractivity contribution in [2.75, 3.05) is 17.2 Å².